The van der Waals surface area contributed by atoms with E-state index in [-0.39, 0.29) is 22.5 Å². The molecule has 2 amide bonds. The third-order valence-electron chi connectivity index (χ3n) is 6.22. The number of benzene rings is 1. The van der Waals surface area contributed by atoms with Crippen molar-refractivity contribution in [2.24, 2.45) is 0 Å². The van der Waals surface area contributed by atoms with Gasteiger partial charge in [0.05, 0.1) is 11.2 Å². The van der Waals surface area contributed by atoms with Crippen LogP contribution in [0.15, 0.2) is 45.9 Å². The molecule has 1 aromatic carbocycles. The molecule has 0 spiro atoms. The number of hydrogen-bond donors (Lipinski definition) is 1. The van der Waals surface area contributed by atoms with E-state index in [9.17, 15) is 18.0 Å². The molecule has 1 N–H and O–H groups in total. The van der Waals surface area contributed by atoms with Crippen LogP contribution in [-0.2, 0) is 14.8 Å². The minimum absolute atomic E-state index is 0.174. The number of piperidine rings is 2. The molecule has 2 saturated heterocycles. The van der Waals surface area contributed by atoms with E-state index in [0.29, 0.717) is 31.7 Å². The molecule has 2 aromatic rings. The number of anilines is 1. The van der Waals surface area contributed by atoms with Crippen molar-refractivity contribution in [2.45, 2.75) is 56.4 Å². The molecule has 32 heavy (non-hydrogen) atoms. The molecule has 4 rings (SSSR count). The molecule has 2 aliphatic rings. The van der Waals surface area contributed by atoms with Gasteiger partial charge in [-0.3, -0.25) is 9.59 Å². The number of nitrogens with zero attached hydrogens (tertiary/aromatic N) is 2. The fourth-order valence-electron chi connectivity index (χ4n) is 4.36. The molecule has 2 fully saturated rings. The summed E-state index contributed by atoms with van der Waals surface area (Å²) in [6, 6.07) is 7.41. The molecule has 2 aliphatic heterocycles. The predicted octanol–water partition coefficient (Wildman–Crippen LogP) is 3.40. The third kappa shape index (κ3) is 4.59. The molecule has 0 bridgehead atoms. The molecule has 172 valence electrons. The second-order valence-corrected chi connectivity index (χ2v) is 10.4. The second kappa shape index (κ2) is 9.46. The maximum atomic E-state index is 13.2. The average molecular weight is 460 g/mol. The quantitative estimate of drug-likeness (QED) is 0.739. The lowest BCUT2D eigenvalue weighted by Crippen LogP contribution is -2.50. The normalized spacial score (nSPS) is 20.2. The summed E-state index contributed by atoms with van der Waals surface area (Å²) in [5, 5.41) is 2.88. The zero-order valence-electron chi connectivity index (χ0n) is 18.2. The summed E-state index contributed by atoms with van der Waals surface area (Å²) < 4.78 is 32.9. The van der Waals surface area contributed by atoms with Crippen LogP contribution in [0.4, 0.5) is 5.69 Å². The van der Waals surface area contributed by atoms with Crippen molar-refractivity contribution >= 4 is 27.5 Å². The van der Waals surface area contributed by atoms with E-state index < -0.39 is 16.1 Å². The van der Waals surface area contributed by atoms with Gasteiger partial charge in [0.15, 0.2) is 5.76 Å². The largest absolute Gasteiger partial charge is 0.459 e. The highest BCUT2D eigenvalue weighted by Gasteiger charge is 2.34. The first-order valence-electron chi connectivity index (χ1n) is 11.1. The fraction of sp³-hybridized carbons (Fsp3) is 0.478. The number of amides is 2. The lowest BCUT2D eigenvalue weighted by Gasteiger charge is -2.34. The van der Waals surface area contributed by atoms with Crippen molar-refractivity contribution in [3.8, 4) is 0 Å². The topological polar surface area (TPSA) is 99.9 Å². The average Bonchev–Trinajstić information content (AvgIpc) is 3.35. The summed E-state index contributed by atoms with van der Waals surface area (Å²) in [4.78, 5) is 27.7. The van der Waals surface area contributed by atoms with Gasteiger partial charge < -0.3 is 14.6 Å². The van der Waals surface area contributed by atoms with Crippen molar-refractivity contribution in [1.82, 2.24) is 9.21 Å². The number of carbonyl (C=O) groups excluding carboxylic acids is 2. The van der Waals surface area contributed by atoms with Gasteiger partial charge >= 0.3 is 0 Å². The van der Waals surface area contributed by atoms with Crippen LogP contribution in [0.2, 0.25) is 0 Å². The van der Waals surface area contributed by atoms with Gasteiger partial charge in [-0.15, -0.1) is 0 Å². The Labute approximate surface area is 188 Å². The van der Waals surface area contributed by atoms with Crippen molar-refractivity contribution in [3.05, 3.63) is 47.9 Å². The van der Waals surface area contributed by atoms with E-state index in [0.717, 1.165) is 37.7 Å². The molecule has 1 aromatic heterocycles. The molecule has 8 nitrogen and oxygen atoms in total. The minimum Gasteiger partial charge on any atom is -0.459 e. The van der Waals surface area contributed by atoms with Gasteiger partial charge in [0.2, 0.25) is 15.9 Å². The first kappa shape index (κ1) is 22.5. The zero-order chi connectivity index (χ0) is 22.7. The number of sulfonamides is 1. The SMILES string of the molecule is Cc1ccc(S(=O)(=O)N2CCCCC2)cc1NC(=O)C1CCCCN1C(=O)c1ccco1. The maximum absolute atomic E-state index is 13.2. The number of nitrogens with one attached hydrogen (secondary N) is 1. The van der Waals surface area contributed by atoms with E-state index in [1.165, 1.54) is 16.6 Å². The molecule has 0 aliphatic carbocycles. The van der Waals surface area contributed by atoms with E-state index >= 15 is 0 Å². The van der Waals surface area contributed by atoms with Gasteiger partial charge in [0.25, 0.3) is 5.91 Å². The molecule has 9 heteroatoms. The van der Waals surface area contributed by atoms with E-state index in [2.05, 4.69) is 5.32 Å². The highest BCUT2D eigenvalue weighted by molar-refractivity contribution is 7.89. The van der Waals surface area contributed by atoms with Crippen LogP contribution in [0, 0.1) is 6.92 Å². The molecule has 1 atom stereocenters. The van der Waals surface area contributed by atoms with Gasteiger partial charge in [0, 0.05) is 25.3 Å². The predicted molar refractivity (Wildman–Crippen MR) is 120 cm³/mol. The van der Waals surface area contributed by atoms with Gasteiger partial charge in [-0.25, -0.2) is 8.42 Å². The Morgan fingerprint density at radius 1 is 1.03 bits per heavy atom. The maximum Gasteiger partial charge on any atom is 0.290 e. The van der Waals surface area contributed by atoms with Crippen LogP contribution in [0.25, 0.3) is 0 Å². The highest BCUT2D eigenvalue weighted by atomic mass is 32.2. The second-order valence-electron chi connectivity index (χ2n) is 8.42. The smallest absolute Gasteiger partial charge is 0.290 e. The molecule has 1 unspecified atom stereocenters. The Bertz CT molecular complexity index is 1080. The van der Waals surface area contributed by atoms with E-state index in [1.807, 2.05) is 6.92 Å². The van der Waals surface area contributed by atoms with Crippen LogP contribution in [-0.4, -0.2) is 55.1 Å². The number of hydrogen-bond acceptors (Lipinski definition) is 5. The van der Waals surface area contributed by atoms with Crippen molar-refractivity contribution < 1.29 is 22.4 Å². The minimum atomic E-state index is -3.61. The van der Waals surface area contributed by atoms with Crippen LogP contribution < -0.4 is 5.32 Å². The summed E-state index contributed by atoms with van der Waals surface area (Å²) in [7, 11) is -3.61. The number of furan rings is 1. The Morgan fingerprint density at radius 2 is 1.78 bits per heavy atom. The Kier molecular flexibility index (Phi) is 6.66. The van der Waals surface area contributed by atoms with Crippen molar-refractivity contribution in [3.63, 3.8) is 0 Å². The number of rotatable bonds is 5. The summed E-state index contributed by atoms with van der Waals surface area (Å²) in [6.07, 6.45) is 6.38. The fourth-order valence-corrected chi connectivity index (χ4v) is 5.90. The number of aryl methyl sites for hydroxylation is 1. The van der Waals surface area contributed by atoms with Crippen LogP contribution in [0.5, 0.6) is 0 Å². The summed E-state index contributed by atoms with van der Waals surface area (Å²) in [6.45, 7) is 3.33. The first-order valence-corrected chi connectivity index (χ1v) is 12.6. The molecule has 3 heterocycles. The number of carbonyl (C=O) groups is 2. The standard InChI is InChI=1S/C23H29N3O5S/c1-17-10-11-18(32(29,30)25-12-4-2-5-13-25)16-19(17)24-22(27)20-8-3-6-14-26(20)23(28)21-9-7-15-31-21/h7,9-11,15-16,20H,2-6,8,12-14H2,1H3,(H,24,27). The Balaban J connectivity index is 1.54. The van der Waals surface area contributed by atoms with Crippen molar-refractivity contribution in [2.75, 3.05) is 25.0 Å². The van der Waals surface area contributed by atoms with Crippen LogP contribution in [0.1, 0.15) is 54.6 Å². The van der Waals surface area contributed by atoms with E-state index in [4.69, 9.17) is 4.42 Å². The van der Waals surface area contributed by atoms with Crippen LogP contribution in [0.3, 0.4) is 0 Å². The summed E-state index contributed by atoms with van der Waals surface area (Å²) >= 11 is 0. The summed E-state index contributed by atoms with van der Waals surface area (Å²) in [5.74, 6) is -0.427. The van der Waals surface area contributed by atoms with Gasteiger partial charge in [-0.1, -0.05) is 12.5 Å². The molecular formula is C23H29N3O5S. The van der Waals surface area contributed by atoms with E-state index in [1.54, 1.807) is 29.2 Å². The summed E-state index contributed by atoms with van der Waals surface area (Å²) in [5.41, 5.74) is 1.21. The van der Waals surface area contributed by atoms with Gasteiger partial charge in [-0.05, 0) is 68.9 Å². The zero-order valence-corrected chi connectivity index (χ0v) is 19.1. The van der Waals surface area contributed by atoms with Gasteiger partial charge in [0.1, 0.15) is 6.04 Å². The lowest BCUT2D eigenvalue weighted by molar-refractivity contribution is -0.121. The molecular weight excluding hydrogens is 430 g/mol. The lowest BCUT2D eigenvalue weighted by atomic mass is 10.0. The first-order chi connectivity index (χ1) is 15.4. The Morgan fingerprint density at radius 3 is 2.50 bits per heavy atom. The third-order valence-corrected chi connectivity index (χ3v) is 8.11. The molecule has 0 saturated carbocycles. The molecule has 0 radical (unpaired) electrons. The van der Waals surface area contributed by atoms with Crippen LogP contribution >= 0.6 is 0 Å². The Hall–Kier alpha value is -2.65. The van der Waals surface area contributed by atoms with Gasteiger partial charge in [-0.2, -0.15) is 4.31 Å². The monoisotopic (exact) mass is 459 g/mol. The van der Waals surface area contributed by atoms with Crippen molar-refractivity contribution in [1.29, 1.82) is 0 Å². The number of likely N-dealkylation sites (tertiary alicyclic amines) is 1. The highest BCUT2D eigenvalue weighted by Crippen LogP contribution is 2.27.